The van der Waals surface area contributed by atoms with Crippen molar-refractivity contribution >= 4 is 0 Å². The van der Waals surface area contributed by atoms with Crippen LogP contribution in [0.15, 0.2) is 18.7 Å². The highest BCUT2D eigenvalue weighted by Gasteiger charge is 1.77. The molecule has 0 atom stereocenters. The molecule has 4 heteroatoms. The summed E-state index contributed by atoms with van der Waals surface area (Å²) in [6.07, 6.45) is 3.68. The topological polar surface area (TPSA) is 52.7 Å². The Bertz CT molecular complexity index is 140. The van der Waals surface area contributed by atoms with Crippen molar-refractivity contribution in [3.05, 3.63) is 23.9 Å². The van der Waals surface area contributed by atoms with Crippen molar-refractivity contribution in [1.29, 1.82) is 0 Å². The number of aromatic nitrogens is 3. The Hall–Kier alpha value is -1.19. The summed E-state index contributed by atoms with van der Waals surface area (Å²) in [4.78, 5) is 0. The highest BCUT2D eigenvalue weighted by molar-refractivity contribution is 4.50. The van der Waals surface area contributed by atoms with Crippen LogP contribution in [0.5, 0.6) is 0 Å². The number of hydrogen-bond acceptors (Lipinski definition) is 3. The van der Waals surface area contributed by atoms with Crippen molar-refractivity contribution in [3.8, 4) is 0 Å². The van der Waals surface area contributed by atoms with Crippen molar-refractivity contribution in [2.24, 2.45) is 0 Å². The van der Waals surface area contributed by atoms with Crippen LogP contribution in [0.25, 0.3) is 0 Å². The highest BCUT2D eigenvalue weighted by Crippen LogP contribution is 1.57. The van der Waals surface area contributed by atoms with Crippen LogP contribution in [0.3, 0.4) is 0 Å². The van der Waals surface area contributed by atoms with E-state index >= 15 is 0 Å². The van der Waals surface area contributed by atoms with Crippen LogP contribution in [0.1, 0.15) is 0 Å². The van der Waals surface area contributed by atoms with Crippen LogP contribution in [-0.2, 0) is 0 Å². The van der Waals surface area contributed by atoms with Gasteiger partial charge in [0.2, 0.25) is 0 Å². The summed E-state index contributed by atoms with van der Waals surface area (Å²) >= 11 is 0. The molecule has 0 aliphatic rings. The molecule has 0 amide bonds. The van der Waals surface area contributed by atoms with Crippen LogP contribution < -0.4 is 4.73 Å². The molecule has 4 nitrogen and oxygen atoms in total. The van der Waals surface area contributed by atoms with Gasteiger partial charge < -0.3 is 5.21 Å². The van der Waals surface area contributed by atoms with Crippen molar-refractivity contribution in [2.75, 3.05) is 0 Å². The van der Waals surface area contributed by atoms with Gasteiger partial charge in [0.05, 0.1) is 5.10 Å². The fourth-order valence-electron chi connectivity index (χ4n) is 0.253. The van der Waals surface area contributed by atoms with Crippen molar-refractivity contribution in [2.45, 2.75) is 0 Å². The van der Waals surface area contributed by atoms with E-state index in [1.54, 1.807) is 0 Å². The summed E-state index contributed by atoms with van der Waals surface area (Å²) in [5.41, 5.74) is 0. The van der Waals surface area contributed by atoms with Gasteiger partial charge >= 0.3 is 6.33 Å². The van der Waals surface area contributed by atoms with Crippen molar-refractivity contribution in [1.82, 2.24) is 10.2 Å². The lowest BCUT2D eigenvalue weighted by Gasteiger charge is -1.91. The molecule has 0 fully saturated rings. The number of hydrogen-bond donors (Lipinski definition) is 0. The summed E-state index contributed by atoms with van der Waals surface area (Å²) in [7, 11) is 0. The normalized spacial score (nSPS) is 8.57. The lowest BCUT2D eigenvalue weighted by molar-refractivity contribution is -0.609. The first-order chi connectivity index (χ1) is 3.39. The largest absolute Gasteiger partial charge is 0.711 e. The van der Waals surface area contributed by atoms with E-state index < -0.39 is 0 Å². The fraction of sp³-hybridized carbons (Fsp3) is 0. The zero-order chi connectivity index (χ0) is 5.11. The Balaban J connectivity index is 3.02. The van der Waals surface area contributed by atoms with Gasteiger partial charge in [-0.1, -0.05) is 0 Å². The summed E-state index contributed by atoms with van der Waals surface area (Å²) in [5, 5.41) is 16.7. The molecular formula is C3H3N3O. The molecule has 0 N–H and O–H groups in total. The molecule has 1 aromatic heterocycles. The van der Waals surface area contributed by atoms with Crippen LogP contribution in [0.4, 0.5) is 0 Å². The molecule has 1 rings (SSSR count). The van der Waals surface area contributed by atoms with E-state index in [1.807, 2.05) is 0 Å². The predicted octanol–water partition coefficient (Wildman–Crippen LogP) is -0.890. The Labute approximate surface area is 40.0 Å². The van der Waals surface area contributed by atoms with Gasteiger partial charge in [-0.25, -0.2) is 4.73 Å². The summed E-state index contributed by atoms with van der Waals surface area (Å²) < 4.78 is 0.576. The number of nitrogens with zero attached hydrogens (tertiary/aromatic N) is 3. The second-order valence-electron chi connectivity index (χ2n) is 1.00. The smallest absolute Gasteiger partial charge is 0.317 e. The van der Waals surface area contributed by atoms with E-state index in [2.05, 4.69) is 10.2 Å². The van der Waals surface area contributed by atoms with Gasteiger partial charge in [-0.05, 0) is 5.10 Å². The zero-order valence-corrected chi connectivity index (χ0v) is 3.48. The van der Waals surface area contributed by atoms with Crippen LogP contribution in [0.2, 0.25) is 0 Å². The molecule has 0 aromatic carbocycles. The molecule has 0 saturated carbocycles. The minimum atomic E-state index is 0.576. The van der Waals surface area contributed by atoms with Crippen LogP contribution in [-0.4, -0.2) is 10.2 Å². The predicted molar refractivity (Wildman–Crippen MR) is 21.0 cm³/mol. The fourth-order valence-corrected chi connectivity index (χ4v) is 0.253. The Morgan fingerprint density at radius 3 is 2.57 bits per heavy atom. The van der Waals surface area contributed by atoms with E-state index in [0.29, 0.717) is 4.73 Å². The second kappa shape index (κ2) is 1.51. The molecule has 0 radical (unpaired) electrons. The molecule has 0 aliphatic heterocycles. The first-order valence-electron chi connectivity index (χ1n) is 1.75. The van der Waals surface area contributed by atoms with Crippen molar-refractivity contribution in [3.63, 3.8) is 0 Å². The molecular weight excluding hydrogens is 94.1 g/mol. The van der Waals surface area contributed by atoms with E-state index in [0.717, 1.165) is 6.33 Å². The van der Waals surface area contributed by atoms with E-state index in [-0.39, 0.29) is 0 Å². The minimum absolute atomic E-state index is 0.576. The molecule has 0 saturated heterocycles. The third-order valence-corrected chi connectivity index (χ3v) is 0.512. The van der Waals surface area contributed by atoms with Gasteiger partial charge in [0.1, 0.15) is 12.4 Å². The summed E-state index contributed by atoms with van der Waals surface area (Å²) in [6, 6.07) is 0. The minimum Gasteiger partial charge on any atom is -0.711 e. The third kappa shape index (κ3) is 0.819. The molecule has 0 unspecified atom stereocenters. The maximum atomic E-state index is 10.1. The zero-order valence-electron chi connectivity index (χ0n) is 3.48. The molecule has 0 spiro atoms. The monoisotopic (exact) mass is 97.0 g/mol. The van der Waals surface area contributed by atoms with Crippen LogP contribution >= 0.6 is 0 Å². The van der Waals surface area contributed by atoms with E-state index in [1.165, 1.54) is 12.4 Å². The van der Waals surface area contributed by atoms with Crippen LogP contribution in [0, 0.1) is 5.21 Å². The van der Waals surface area contributed by atoms with E-state index in [4.69, 9.17) is 0 Å². The second-order valence-corrected chi connectivity index (χ2v) is 1.00. The molecule has 1 aromatic rings. The molecule has 0 aliphatic carbocycles. The van der Waals surface area contributed by atoms with Gasteiger partial charge in [0.25, 0.3) is 0 Å². The standard InChI is InChI=1S/C3H3N3O/c7-6-2-1-4-5-3-6/h1-3H. The van der Waals surface area contributed by atoms with Gasteiger partial charge in [-0.2, -0.15) is 0 Å². The molecule has 1 heterocycles. The van der Waals surface area contributed by atoms with Crippen molar-refractivity contribution < 1.29 is 4.73 Å². The highest BCUT2D eigenvalue weighted by atomic mass is 16.5. The van der Waals surface area contributed by atoms with Gasteiger partial charge in [-0.15, -0.1) is 0 Å². The van der Waals surface area contributed by atoms with Gasteiger partial charge in [0, 0.05) is 0 Å². The first kappa shape index (κ1) is 3.98. The quantitative estimate of drug-likeness (QED) is 0.311. The maximum absolute atomic E-state index is 10.1. The Kier molecular flexibility index (Phi) is 0.856. The lowest BCUT2D eigenvalue weighted by Crippen LogP contribution is -2.24. The molecule has 7 heavy (non-hydrogen) atoms. The molecule has 0 bridgehead atoms. The Morgan fingerprint density at radius 1 is 1.43 bits per heavy atom. The average Bonchev–Trinajstić information content (AvgIpc) is 1.69. The summed E-state index contributed by atoms with van der Waals surface area (Å²) in [5.74, 6) is 0. The maximum Gasteiger partial charge on any atom is 0.317 e. The summed E-state index contributed by atoms with van der Waals surface area (Å²) in [6.45, 7) is 0. The molecule has 36 valence electrons. The Morgan fingerprint density at radius 2 is 2.29 bits per heavy atom. The first-order valence-corrected chi connectivity index (χ1v) is 1.75. The number of rotatable bonds is 0. The lowest BCUT2D eigenvalue weighted by atomic mass is 10.9. The SMILES string of the molecule is [O-][n+]1ccnnc1. The third-order valence-electron chi connectivity index (χ3n) is 0.512. The van der Waals surface area contributed by atoms with E-state index in [9.17, 15) is 5.21 Å². The average molecular weight is 97.1 g/mol. The van der Waals surface area contributed by atoms with Gasteiger partial charge in [0.15, 0.2) is 0 Å². The van der Waals surface area contributed by atoms with Gasteiger partial charge in [-0.3, -0.25) is 0 Å².